The van der Waals surface area contributed by atoms with Crippen LogP contribution >= 0.6 is 0 Å². The third kappa shape index (κ3) is 3.97. The molecular formula is C22H24N2O3S. The van der Waals surface area contributed by atoms with Gasteiger partial charge in [-0.05, 0) is 55.0 Å². The number of allylic oxidation sites excluding steroid dienone is 1. The highest BCUT2D eigenvalue weighted by molar-refractivity contribution is 7.96. The van der Waals surface area contributed by atoms with Crippen molar-refractivity contribution in [3.05, 3.63) is 70.1 Å². The van der Waals surface area contributed by atoms with Gasteiger partial charge in [0, 0.05) is 6.04 Å². The van der Waals surface area contributed by atoms with Gasteiger partial charge in [-0.15, -0.1) is 0 Å². The summed E-state index contributed by atoms with van der Waals surface area (Å²) in [6, 6.07) is 14.8. The molecule has 1 amide bonds. The Bertz CT molecular complexity index is 1020. The van der Waals surface area contributed by atoms with Crippen molar-refractivity contribution in [2.24, 2.45) is 0 Å². The molecule has 2 aliphatic carbocycles. The standard InChI is InChI=1S/C22H24N2O3S/c25-22(23-18-9-3-4-10-18)20-11-5-6-12-21(20)24-28(26,27)19-14-13-16-7-1-2-8-17(16)15-19/h1-2,5-8,11-12,15,18,24H,3-4,9-10,13-14H2,(H,23,25). The Hall–Kier alpha value is -2.60. The number of benzene rings is 2. The summed E-state index contributed by atoms with van der Waals surface area (Å²) in [5, 5.41) is 3.03. The maximum Gasteiger partial charge on any atom is 0.258 e. The summed E-state index contributed by atoms with van der Waals surface area (Å²) in [5.41, 5.74) is 2.76. The molecule has 6 heteroatoms. The van der Waals surface area contributed by atoms with E-state index >= 15 is 0 Å². The molecule has 0 saturated heterocycles. The van der Waals surface area contributed by atoms with Gasteiger partial charge in [-0.1, -0.05) is 49.2 Å². The van der Waals surface area contributed by atoms with Crippen LogP contribution in [0.25, 0.3) is 6.08 Å². The molecule has 2 aromatic carbocycles. The van der Waals surface area contributed by atoms with Crippen LogP contribution in [-0.2, 0) is 16.4 Å². The summed E-state index contributed by atoms with van der Waals surface area (Å²) in [7, 11) is -3.73. The third-order valence-electron chi connectivity index (χ3n) is 5.46. The highest BCUT2D eigenvalue weighted by Crippen LogP contribution is 2.29. The van der Waals surface area contributed by atoms with E-state index < -0.39 is 10.0 Å². The number of rotatable bonds is 5. The number of hydrogen-bond acceptors (Lipinski definition) is 3. The second-order valence-corrected chi connectivity index (χ2v) is 9.15. The zero-order valence-electron chi connectivity index (χ0n) is 15.6. The highest BCUT2D eigenvalue weighted by Gasteiger charge is 2.25. The number of para-hydroxylation sites is 1. The van der Waals surface area contributed by atoms with E-state index in [2.05, 4.69) is 10.0 Å². The minimum atomic E-state index is -3.73. The van der Waals surface area contributed by atoms with Crippen LogP contribution in [0.15, 0.2) is 53.4 Å². The number of sulfonamides is 1. The second-order valence-electron chi connectivity index (χ2n) is 7.42. The molecule has 0 atom stereocenters. The number of carbonyl (C=O) groups is 1. The lowest BCUT2D eigenvalue weighted by atomic mass is 9.98. The predicted molar refractivity (Wildman–Crippen MR) is 111 cm³/mol. The van der Waals surface area contributed by atoms with E-state index in [0.717, 1.165) is 36.8 Å². The molecule has 0 bridgehead atoms. The monoisotopic (exact) mass is 396 g/mol. The number of aryl methyl sites for hydroxylation is 1. The lowest BCUT2D eigenvalue weighted by molar-refractivity contribution is 0.0939. The molecule has 1 fully saturated rings. The van der Waals surface area contributed by atoms with E-state index in [-0.39, 0.29) is 11.9 Å². The average molecular weight is 397 g/mol. The maximum atomic E-state index is 13.0. The SMILES string of the molecule is O=C(NC1CCCC1)c1ccccc1NS(=O)(=O)C1=Cc2ccccc2CC1. The number of fused-ring (bicyclic) bond motifs is 1. The molecule has 1 saturated carbocycles. The Morgan fingerprint density at radius 2 is 1.64 bits per heavy atom. The number of anilines is 1. The van der Waals surface area contributed by atoms with E-state index in [9.17, 15) is 13.2 Å². The van der Waals surface area contributed by atoms with Crippen LogP contribution in [0.1, 0.15) is 53.6 Å². The van der Waals surface area contributed by atoms with Crippen molar-refractivity contribution in [1.29, 1.82) is 0 Å². The zero-order chi connectivity index (χ0) is 19.6. The second kappa shape index (κ2) is 7.80. The maximum absolute atomic E-state index is 13.0. The van der Waals surface area contributed by atoms with E-state index in [1.165, 1.54) is 0 Å². The molecule has 0 aliphatic heterocycles. The minimum Gasteiger partial charge on any atom is -0.349 e. The molecule has 5 nitrogen and oxygen atoms in total. The van der Waals surface area contributed by atoms with Gasteiger partial charge in [-0.25, -0.2) is 8.42 Å². The van der Waals surface area contributed by atoms with Gasteiger partial charge in [0.25, 0.3) is 15.9 Å². The fourth-order valence-electron chi connectivity index (χ4n) is 3.93. The largest absolute Gasteiger partial charge is 0.349 e. The lowest BCUT2D eigenvalue weighted by Crippen LogP contribution is -2.33. The van der Waals surface area contributed by atoms with Crippen LogP contribution in [-0.4, -0.2) is 20.4 Å². The molecule has 2 aliphatic rings. The van der Waals surface area contributed by atoms with Crippen molar-refractivity contribution >= 4 is 27.7 Å². The molecule has 28 heavy (non-hydrogen) atoms. The minimum absolute atomic E-state index is 0.176. The first-order valence-corrected chi connectivity index (χ1v) is 11.2. The van der Waals surface area contributed by atoms with Gasteiger partial charge in [0.2, 0.25) is 0 Å². The van der Waals surface area contributed by atoms with Crippen LogP contribution in [0.5, 0.6) is 0 Å². The number of hydrogen-bond donors (Lipinski definition) is 2. The van der Waals surface area contributed by atoms with Crippen LogP contribution in [0.4, 0.5) is 5.69 Å². The number of carbonyl (C=O) groups excluding carboxylic acids is 1. The first-order valence-electron chi connectivity index (χ1n) is 9.74. The Morgan fingerprint density at radius 3 is 2.46 bits per heavy atom. The molecule has 0 unspecified atom stereocenters. The van der Waals surface area contributed by atoms with Crippen molar-refractivity contribution < 1.29 is 13.2 Å². The smallest absolute Gasteiger partial charge is 0.258 e. The van der Waals surface area contributed by atoms with E-state index in [0.29, 0.717) is 29.0 Å². The van der Waals surface area contributed by atoms with Crippen molar-refractivity contribution in [2.75, 3.05) is 4.72 Å². The van der Waals surface area contributed by atoms with Crippen LogP contribution in [0.2, 0.25) is 0 Å². The van der Waals surface area contributed by atoms with Crippen LogP contribution < -0.4 is 10.0 Å². The van der Waals surface area contributed by atoms with Crippen molar-refractivity contribution in [2.45, 2.75) is 44.6 Å². The van der Waals surface area contributed by atoms with E-state index in [4.69, 9.17) is 0 Å². The fraction of sp³-hybridized carbons (Fsp3) is 0.318. The quantitative estimate of drug-likeness (QED) is 0.799. The topological polar surface area (TPSA) is 75.3 Å². The Labute approximate surface area is 165 Å². The average Bonchev–Trinajstić information content (AvgIpc) is 3.20. The van der Waals surface area contributed by atoms with Gasteiger partial charge in [0.15, 0.2) is 0 Å². The van der Waals surface area contributed by atoms with Crippen molar-refractivity contribution in [3.63, 3.8) is 0 Å². The molecule has 0 spiro atoms. The number of nitrogens with one attached hydrogen (secondary N) is 2. The Balaban J connectivity index is 1.57. The summed E-state index contributed by atoms with van der Waals surface area (Å²) < 4.78 is 28.6. The Kier molecular flexibility index (Phi) is 5.22. The third-order valence-corrected chi connectivity index (χ3v) is 6.96. The van der Waals surface area contributed by atoms with Gasteiger partial charge in [0.1, 0.15) is 0 Å². The summed E-state index contributed by atoms with van der Waals surface area (Å²) in [5.74, 6) is -0.229. The van der Waals surface area contributed by atoms with Gasteiger partial charge in [0.05, 0.1) is 16.2 Å². The summed E-state index contributed by atoms with van der Waals surface area (Å²) >= 11 is 0. The molecule has 0 aromatic heterocycles. The molecule has 2 N–H and O–H groups in total. The molecule has 0 heterocycles. The zero-order valence-corrected chi connectivity index (χ0v) is 16.5. The summed E-state index contributed by atoms with van der Waals surface area (Å²) in [6.45, 7) is 0. The molecule has 2 aromatic rings. The van der Waals surface area contributed by atoms with Gasteiger partial charge in [-0.2, -0.15) is 0 Å². The van der Waals surface area contributed by atoms with Crippen molar-refractivity contribution in [3.8, 4) is 0 Å². The Morgan fingerprint density at radius 1 is 0.929 bits per heavy atom. The predicted octanol–water partition coefficient (Wildman–Crippen LogP) is 4.09. The fourth-order valence-corrected chi connectivity index (χ4v) is 5.18. The van der Waals surface area contributed by atoms with E-state index in [1.807, 2.05) is 24.3 Å². The van der Waals surface area contributed by atoms with Gasteiger partial charge >= 0.3 is 0 Å². The van der Waals surface area contributed by atoms with E-state index in [1.54, 1.807) is 30.3 Å². The van der Waals surface area contributed by atoms with Gasteiger partial charge < -0.3 is 5.32 Å². The first-order chi connectivity index (χ1) is 13.5. The molecule has 4 rings (SSSR count). The lowest BCUT2D eigenvalue weighted by Gasteiger charge is -2.19. The molecule has 0 radical (unpaired) electrons. The molecular weight excluding hydrogens is 372 g/mol. The summed E-state index contributed by atoms with van der Waals surface area (Å²) in [4.78, 5) is 13.0. The van der Waals surface area contributed by atoms with Crippen molar-refractivity contribution in [1.82, 2.24) is 5.32 Å². The van der Waals surface area contributed by atoms with Gasteiger partial charge in [-0.3, -0.25) is 9.52 Å². The highest BCUT2D eigenvalue weighted by atomic mass is 32.2. The normalized spacial score (nSPS) is 16.9. The van der Waals surface area contributed by atoms with Crippen LogP contribution in [0, 0.1) is 0 Å². The molecule has 146 valence electrons. The first kappa shape index (κ1) is 18.7. The van der Waals surface area contributed by atoms with Crippen LogP contribution in [0.3, 0.4) is 0 Å². The summed E-state index contributed by atoms with van der Waals surface area (Å²) in [6.07, 6.45) is 7.06. The number of amides is 1.